The Kier molecular flexibility index (Phi) is 7.90. The summed E-state index contributed by atoms with van der Waals surface area (Å²) in [4.78, 5) is 41.4. The number of hydrogen-bond acceptors (Lipinski definition) is 7. The van der Waals surface area contributed by atoms with Crippen LogP contribution in [0.15, 0.2) is 24.7 Å². The molecule has 2 aliphatic rings. The smallest absolute Gasteiger partial charge is 0.475 e. The standard InChI is InChI=1S/C20H26N6O.C2HF3O2/c1-24(2)19-16(20(27)26-9-3-4-10-26)13-15-6-11-25(12-7-17(15)23-19)18-5-8-21-14-22-18;3-2(4,5)1(6)7/h5,8,13-14H,3-4,6-7,9-12H2,1-2H3;(H,6,7). The van der Waals surface area contributed by atoms with Crippen LogP contribution in [0.25, 0.3) is 0 Å². The van der Waals surface area contributed by atoms with Crippen LogP contribution < -0.4 is 9.80 Å². The lowest BCUT2D eigenvalue weighted by molar-refractivity contribution is -0.192. The molecule has 0 aliphatic carbocycles. The number of rotatable bonds is 3. The molecule has 184 valence electrons. The van der Waals surface area contributed by atoms with Gasteiger partial charge in [-0.3, -0.25) is 4.79 Å². The number of likely N-dealkylation sites (tertiary alicyclic amines) is 1. The summed E-state index contributed by atoms with van der Waals surface area (Å²) in [7, 11) is 3.92. The van der Waals surface area contributed by atoms with Gasteiger partial charge in [-0.1, -0.05) is 0 Å². The number of hydrogen-bond donors (Lipinski definition) is 1. The predicted molar refractivity (Wildman–Crippen MR) is 119 cm³/mol. The molecule has 4 heterocycles. The van der Waals surface area contributed by atoms with Crippen LogP contribution in [0.5, 0.6) is 0 Å². The number of nitrogens with zero attached hydrogens (tertiary/aromatic N) is 6. The van der Waals surface area contributed by atoms with E-state index in [9.17, 15) is 18.0 Å². The van der Waals surface area contributed by atoms with Crippen molar-refractivity contribution in [3.63, 3.8) is 0 Å². The van der Waals surface area contributed by atoms with E-state index in [1.54, 1.807) is 12.5 Å². The zero-order chi connectivity index (χ0) is 24.9. The fourth-order valence-corrected chi connectivity index (χ4v) is 3.91. The molecule has 1 amide bonds. The SMILES string of the molecule is CN(C)c1nc2c(cc1C(=O)N1CCCC1)CCN(c1ccncn1)CC2.O=C(O)C(F)(F)F. The van der Waals surface area contributed by atoms with E-state index in [0.29, 0.717) is 0 Å². The Morgan fingerprint density at radius 2 is 1.74 bits per heavy atom. The Hall–Kier alpha value is -3.44. The summed E-state index contributed by atoms with van der Waals surface area (Å²) in [5, 5.41) is 7.12. The molecule has 0 saturated carbocycles. The van der Waals surface area contributed by atoms with Gasteiger partial charge < -0.3 is 19.8 Å². The Morgan fingerprint density at radius 1 is 1.09 bits per heavy atom. The second kappa shape index (κ2) is 10.7. The fraction of sp³-hybridized carbons (Fsp3) is 0.500. The van der Waals surface area contributed by atoms with Crippen LogP contribution in [0.4, 0.5) is 24.8 Å². The normalized spacial score (nSPS) is 15.7. The molecule has 34 heavy (non-hydrogen) atoms. The van der Waals surface area contributed by atoms with Crippen molar-refractivity contribution in [3.05, 3.63) is 41.5 Å². The Labute approximate surface area is 195 Å². The molecular weight excluding hydrogens is 453 g/mol. The zero-order valence-corrected chi connectivity index (χ0v) is 19.0. The van der Waals surface area contributed by atoms with E-state index in [1.165, 1.54) is 5.56 Å². The van der Waals surface area contributed by atoms with Crippen molar-refractivity contribution in [2.75, 3.05) is 50.1 Å². The van der Waals surface area contributed by atoms with Crippen LogP contribution in [0.1, 0.15) is 34.5 Å². The lowest BCUT2D eigenvalue weighted by Crippen LogP contribution is -2.30. The Morgan fingerprint density at radius 3 is 2.29 bits per heavy atom. The van der Waals surface area contributed by atoms with Gasteiger partial charge in [0.2, 0.25) is 0 Å². The maximum absolute atomic E-state index is 13.1. The highest BCUT2D eigenvalue weighted by Gasteiger charge is 2.38. The maximum Gasteiger partial charge on any atom is 0.490 e. The van der Waals surface area contributed by atoms with Gasteiger partial charge in [-0.25, -0.2) is 19.7 Å². The molecule has 2 aromatic rings. The molecule has 2 aliphatic heterocycles. The van der Waals surface area contributed by atoms with Gasteiger partial charge in [0.25, 0.3) is 5.91 Å². The van der Waals surface area contributed by atoms with Crippen molar-refractivity contribution in [3.8, 4) is 0 Å². The van der Waals surface area contributed by atoms with E-state index >= 15 is 0 Å². The van der Waals surface area contributed by atoms with Crippen LogP contribution in [0, 0.1) is 0 Å². The first kappa shape index (κ1) is 25.2. The fourth-order valence-electron chi connectivity index (χ4n) is 3.91. The van der Waals surface area contributed by atoms with Gasteiger partial charge in [-0.05, 0) is 37.0 Å². The molecule has 0 unspecified atom stereocenters. The summed E-state index contributed by atoms with van der Waals surface area (Å²) >= 11 is 0. The largest absolute Gasteiger partial charge is 0.490 e. The van der Waals surface area contributed by atoms with Gasteiger partial charge in [-0.15, -0.1) is 0 Å². The number of carboxylic acid groups (broad SMARTS) is 1. The second-order valence-electron chi connectivity index (χ2n) is 8.22. The first-order valence-electron chi connectivity index (χ1n) is 10.9. The number of carboxylic acids is 1. The molecule has 1 N–H and O–H groups in total. The van der Waals surface area contributed by atoms with Crippen molar-refractivity contribution in [2.24, 2.45) is 0 Å². The molecule has 0 spiro atoms. The molecule has 1 fully saturated rings. The van der Waals surface area contributed by atoms with Crippen molar-refractivity contribution in [1.82, 2.24) is 19.9 Å². The average Bonchev–Trinajstić information content (AvgIpc) is 3.25. The van der Waals surface area contributed by atoms with Gasteiger partial charge >= 0.3 is 12.1 Å². The maximum atomic E-state index is 13.1. The number of aliphatic carboxylic acids is 1. The van der Waals surface area contributed by atoms with Crippen LogP contribution in [-0.4, -0.2) is 83.3 Å². The van der Waals surface area contributed by atoms with Crippen molar-refractivity contribution in [1.29, 1.82) is 0 Å². The number of anilines is 2. The number of carbonyl (C=O) groups excluding carboxylic acids is 1. The topological polar surface area (TPSA) is 103 Å². The highest BCUT2D eigenvalue weighted by molar-refractivity contribution is 5.99. The summed E-state index contributed by atoms with van der Waals surface area (Å²) < 4.78 is 31.7. The summed E-state index contributed by atoms with van der Waals surface area (Å²) in [6, 6.07) is 4.03. The molecule has 0 atom stereocenters. The van der Waals surface area contributed by atoms with Gasteiger partial charge in [0.1, 0.15) is 18.0 Å². The third-order valence-corrected chi connectivity index (χ3v) is 5.62. The highest BCUT2D eigenvalue weighted by Crippen LogP contribution is 2.26. The number of fused-ring (bicyclic) bond motifs is 1. The van der Waals surface area contributed by atoms with Crippen molar-refractivity contribution >= 4 is 23.5 Å². The minimum absolute atomic E-state index is 0.114. The monoisotopic (exact) mass is 480 g/mol. The summed E-state index contributed by atoms with van der Waals surface area (Å²) in [6.45, 7) is 3.43. The summed E-state index contributed by atoms with van der Waals surface area (Å²) in [5.74, 6) is -0.920. The van der Waals surface area contributed by atoms with E-state index in [1.807, 2.05) is 30.0 Å². The molecule has 0 bridgehead atoms. The first-order valence-corrected chi connectivity index (χ1v) is 10.9. The minimum Gasteiger partial charge on any atom is -0.475 e. The second-order valence-corrected chi connectivity index (χ2v) is 8.22. The molecular formula is C22H27F3N6O3. The van der Waals surface area contributed by atoms with Gasteiger partial charge in [0.15, 0.2) is 0 Å². The van der Waals surface area contributed by atoms with Gasteiger partial charge in [-0.2, -0.15) is 13.2 Å². The van der Waals surface area contributed by atoms with E-state index in [0.717, 1.165) is 74.8 Å². The quantitative estimate of drug-likeness (QED) is 0.715. The molecule has 9 nitrogen and oxygen atoms in total. The van der Waals surface area contributed by atoms with Crippen LogP contribution in [0.2, 0.25) is 0 Å². The van der Waals surface area contributed by atoms with E-state index < -0.39 is 12.1 Å². The zero-order valence-electron chi connectivity index (χ0n) is 19.0. The van der Waals surface area contributed by atoms with Crippen molar-refractivity contribution < 1.29 is 27.9 Å². The van der Waals surface area contributed by atoms with E-state index in [2.05, 4.69) is 20.9 Å². The summed E-state index contributed by atoms with van der Waals surface area (Å²) in [6.07, 6.45) is 2.17. The highest BCUT2D eigenvalue weighted by atomic mass is 19.4. The molecule has 2 aromatic heterocycles. The molecule has 12 heteroatoms. The third-order valence-electron chi connectivity index (χ3n) is 5.62. The third kappa shape index (κ3) is 6.12. The molecule has 0 aromatic carbocycles. The summed E-state index contributed by atoms with van der Waals surface area (Å²) in [5.41, 5.74) is 3.00. The van der Waals surface area contributed by atoms with Gasteiger partial charge in [0, 0.05) is 58.6 Å². The molecule has 0 radical (unpaired) electrons. The van der Waals surface area contributed by atoms with E-state index in [-0.39, 0.29) is 5.91 Å². The lowest BCUT2D eigenvalue weighted by Gasteiger charge is -2.22. The van der Waals surface area contributed by atoms with Crippen LogP contribution >= 0.6 is 0 Å². The number of pyridine rings is 1. The Bertz CT molecular complexity index is 1010. The average molecular weight is 480 g/mol. The number of aromatic nitrogens is 3. The number of halogens is 3. The first-order chi connectivity index (χ1) is 16.1. The van der Waals surface area contributed by atoms with Gasteiger partial charge in [0.05, 0.1) is 5.56 Å². The van der Waals surface area contributed by atoms with Crippen LogP contribution in [0.3, 0.4) is 0 Å². The predicted octanol–water partition coefficient (Wildman–Crippen LogP) is 2.41. The minimum atomic E-state index is -5.08. The lowest BCUT2D eigenvalue weighted by atomic mass is 10.0. The van der Waals surface area contributed by atoms with Crippen LogP contribution in [-0.2, 0) is 17.6 Å². The van der Waals surface area contributed by atoms with Crippen molar-refractivity contribution in [2.45, 2.75) is 31.9 Å². The number of alkyl halides is 3. The number of carbonyl (C=O) groups is 2. The molecule has 1 saturated heterocycles. The van der Waals surface area contributed by atoms with E-state index in [4.69, 9.17) is 14.9 Å². The number of amides is 1. The molecule has 4 rings (SSSR count). The Balaban J connectivity index is 0.000000406.